The van der Waals surface area contributed by atoms with Gasteiger partial charge in [0.25, 0.3) is 0 Å². The van der Waals surface area contributed by atoms with Gasteiger partial charge in [-0.15, -0.1) is 11.3 Å². The van der Waals surface area contributed by atoms with Crippen molar-refractivity contribution in [2.24, 2.45) is 0 Å². The molecule has 2 heterocycles. The zero-order chi connectivity index (χ0) is 11.7. The fourth-order valence-electron chi connectivity index (χ4n) is 2.58. The molecule has 1 saturated heterocycles. The van der Waals surface area contributed by atoms with E-state index in [9.17, 15) is 0 Å². The van der Waals surface area contributed by atoms with Gasteiger partial charge in [0.15, 0.2) is 0 Å². The minimum atomic E-state index is 0.780. The van der Waals surface area contributed by atoms with Crippen LogP contribution in [0.1, 0.15) is 47.2 Å². The number of hydrogen-bond acceptors (Lipinski definition) is 4. The van der Waals surface area contributed by atoms with E-state index in [-0.39, 0.29) is 0 Å². The quantitative estimate of drug-likeness (QED) is 0.870. The molecule has 0 atom stereocenters. The topological polar surface area (TPSA) is 28.2 Å². The molecule has 1 aromatic heterocycles. The van der Waals surface area contributed by atoms with Crippen LogP contribution in [0.15, 0.2) is 0 Å². The summed E-state index contributed by atoms with van der Waals surface area (Å²) in [5.74, 6) is 0.780. The Hall–Kier alpha value is -0.450. The third kappa shape index (κ3) is 2.69. The van der Waals surface area contributed by atoms with Crippen molar-refractivity contribution in [3.63, 3.8) is 0 Å². The van der Waals surface area contributed by atoms with Crippen molar-refractivity contribution in [3.8, 4) is 0 Å². The van der Waals surface area contributed by atoms with Gasteiger partial charge in [0.05, 0.1) is 12.2 Å². The van der Waals surface area contributed by atoms with Gasteiger partial charge < -0.3 is 5.32 Å². The number of rotatable bonds is 5. The second kappa shape index (κ2) is 5.04. The normalized spacial score (nSPS) is 21.2. The van der Waals surface area contributed by atoms with Gasteiger partial charge in [-0.05, 0) is 45.8 Å². The van der Waals surface area contributed by atoms with Crippen LogP contribution in [0.4, 0.5) is 0 Å². The predicted octanol–water partition coefficient (Wildman–Crippen LogP) is 2.34. The summed E-state index contributed by atoms with van der Waals surface area (Å²) in [4.78, 5) is 8.91. The molecule has 1 N–H and O–H groups in total. The summed E-state index contributed by atoms with van der Waals surface area (Å²) in [5.41, 5.74) is 1.40. The van der Waals surface area contributed by atoms with Crippen LogP contribution in [0.5, 0.6) is 0 Å². The number of hydrogen-bond donors (Lipinski definition) is 1. The predicted molar refractivity (Wildman–Crippen MR) is 71.4 cm³/mol. The highest BCUT2D eigenvalue weighted by molar-refractivity contribution is 7.11. The molecule has 17 heavy (non-hydrogen) atoms. The Morgan fingerprint density at radius 1 is 1.35 bits per heavy atom. The summed E-state index contributed by atoms with van der Waals surface area (Å²) in [6.45, 7) is 4.59. The maximum Gasteiger partial charge on any atom is 0.107 e. The van der Waals surface area contributed by atoms with E-state index in [4.69, 9.17) is 4.98 Å². The van der Waals surface area contributed by atoms with Crippen molar-refractivity contribution >= 4 is 11.3 Å². The Morgan fingerprint density at radius 3 is 2.76 bits per heavy atom. The molecular formula is C13H21N3S. The first kappa shape index (κ1) is 11.6. The van der Waals surface area contributed by atoms with Gasteiger partial charge in [0.2, 0.25) is 0 Å². The zero-order valence-corrected chi connectivity index (χ0v) is 11.4. The Morgan fingerprint density at radius 2 is 2.12 bits per heavy atom. The summed E-state index contributed by atoms with van der Waals surface area (Å²) >= 11 is 1.92. The lowest BCUT2D eigenvalue weighted by Gasteiger charge is -2.11. The number of thiazole rings is 1. The van der Waals surface area contributed by atoms with E-state index in [1.165, 1.54) is 54.4 Å². The van der Waals surface area contributed by atoms with Crippen molar-refractivity contribution in [2.75, 3.05) is 20.1 Å². The molecule has 94 valence electrons. The van der Waals surface area contributed by atoms with E-state index in [1.54, 1.807) is 0 Å². The summed E-state index contributed by atoms with van der Waals surface area (Å²) in [6.07, 6.45) is 5.43. The maximum absolute atomic E-state index is 4.89. The number of nitrogens with zero attached hydrogens (tertiary/aromatic N) is 2. The third-order valence-electron chi connectivity index (χ3n) is 3.63. The third-order valence-corrected chi connectivity index (χ3v) is 4.69. The highest BCUT2D eigenvalue weighted by Crippen LogP contribution is 2.42. The molecule has 0 amide bonds. The average Bonchev–Trinajstić information content (AvgIpc) is 2.90. The molecule has 0 radical (unpaired) electrons. The van der Waals surface area contributed by atoms with Crippen LogP contribution in [-0.4, -0.2) is 30.0 Å². The molecule has 0 spiro atoms. The molecule has 1 aromatic rings. The van der Waals surface area contributed by atoms with Gasteiger partial charge in [-0.1, -0.05) is 0 Å². The fraction of sp³-hybridized carbons (Fsp3) is 0.769. The molecule has 2 fully saturated rings. The van der Waals surface area contributed by atoms with Gasteiger partial charge in [-0.3, -0.25) is 4.90 Å². The van der Waals surface area contributed by atoms with E-state index < -0.39 is 0 Å². The van der Waals surface area contributed by atoms with Crippen molar-refractivity contribution in [1.29, 1.82) is 0 Å². The first-order valence-electron chi connectivity index (χ1n) is 6.72. The molecule has 0 unspecified atom stereocenters. The maximum atomic E-state index is 4.89. The summed E-state index contributed by atoms with van der Waals surface area (Å²) in [6, 6.07) is 0. The van der Waals surface area contributed by atoms with E-state index in [2.05, 4.69) is 10.2 Å². The second-order valence-corrected chi connectivity index (χ2v) is 6.37. The summed E-state index contributed by atoms with van der Waals surface area (Å²) in [5, 5.41) is 4.60. The van der Waals surface area contributed by atoms with Crippen molar-refractivity contribution in [1.82, 2.24) is 15.2 Å². The summed E-state index contributed by atoms with van der Waals surface area (Å²) in [7, 11) is 2.02. The largest absolute Gasteiger partial charge is 0.315 e. The minimum absolute atomic E-state index is 0.780. The molecule has 0 bridgehead atoms. The number of nitrogens with one attached hydrogen (secondary N) is 1. The highest BCUT2D eigenvalue weighted by atomic mass is 32.1. The lowest BCUT2D eigenvalue weighted by Crippen LogP contribution is -2.18. The van der Waals surface area contributed by atoms with E-state index in [0.717, 1.165) is 19.0 Å². The smallest absolute Gasteiger partial charge is 0.107 e. The number of aromatic nitrogens is 1. The van der Waals surface area contributed by atoms with Crippen LogP contribution < -0.4 is 5.32 Å². The van der Waals surface area contributed by atoms with Crippen molar-refractivity contribution < 1.29 is 0 Å². The van der Waals surface area contributed by atoms with Crippen LogP contribution in [0.2, 0.25) is 0 Å². The lowest BCUT2D eigenvalue weighted by atomic mass is 10.2. The Balaban J connectivity index is 1.72. The van der Waals surface area contributed by atoms with Gasteiger partial charge in [0.1, 0.15) is 5.01 Å². The molecule has 3 nitrogen and oxygen atoms in total. The molecule has 1 aliphatic carbocycles. The Kier molecular flexibility index (Phi) is 3.45. The molecule has 2 aliphatic rings. The van der Waals surface area contributed by atoms with E-state index in [0.29, 0.717) is 0 Å². The van der Waals surface area contributed by atoms with E-state index >= 15 is 0 Å². The van der Waals surface area contributed by atoms with Gasteiger partial charge in [0, 0.05) is 17.3 Å². The lowest BCUT2D eigenvalue weighted by molar-refractivity contribution is 0.330. The average molecular weight is 251 g/mol. The van der Waals surface area contributed by atoms with Gasteiger partial charge in [-0.25, -0.2) is 4.98 Å². The van der Waals surface area contributed by atoms with Crippen LogP contribution in [0.3, 0.4) is 0 Å². The molecule has 1 aliphatic heterocycles. The zero-order valence-electron chi connectivity index (χ0n) is 10.5. The molecule has 1 saturated carbocycles. The van der Waals surface area contributed by atoms with Crippen LogP contribution in [-0.2, 0) is 13.1 Å². The van der Waals surface area contributed by atoms with Crippen LogP contribution in [0, 0.1) is 0 Å². The first-order chi connectivity index (χ1) is 8.36. The second-order valence-electron chi connectivity index (χ2n) is 5.20. The molecular weight excluding hydrogens is 230 g/mol. The Bertz CT molecular complexity index is 378. The highest BCUT2D eigenvalue weighted by Gasteiger charge is 2.29. The van der Waals surface area contributed by atoms with Gasteiger partial charge >= 0.3 is 0 Å². The standard InChI is InChI=1S/C13H21N3S/c1-14-8-11-13(10-4-5-10)15-12(17-11)9-16-6-2-3-7-16/h10,14H,2-9H2,1H3. The summed E-state index contributed by atoms with van der Waals surface area (Å²) < 4.78 is 0. The minimum Gasteiger partial charge on any atom is -0.315 e. The first-order valence-corrected chi connectivity index (χ1v) is 7.54. The SMILES string of the molecule is CNCc1sc(CN2CCCC2)nc1C1CC1. The monoisotopic (exact) mass is 251 g/mol. The molecule has 3 rings (SSSR count). The molecule has 0 aromatic carbocycles. The van der Waals surface area contributed by atoms with Gasteiger partial charge in [-0.2, -0.15) is 0 Å². The molecule has 4 heteroatoms. The fourth-order valence-corrected chi connectivity index (χ4v) is 3.79. The van der Waals surface area contributed by atoms with Crippen molar-refractivity contribution in [2.45, 2.75) is 44.7 Å². The van der Waals surface area contributed by atoms with Crippen molar-refractivity contribution in [3.05, 3.63) is 15.6 Å². The van der Waals surface area contributed by atoms with E-state index in [1.807, 2.05) is 18.4 Å². The number of likely N-dealkylation sites (tertiary alicyclic amines) is 1. The van der Waals surface area contributed by atoms with Crippen LogP contribution >= 0.6 is 11.3 Å². The van der Waals surface area contributed by atoms with Crippen LogP contribution in [0.25, 0.3) is 0 Å². The Labute approximate surface area is 107 Å².